The topological polar surface area (TPSA) is 52.8 Å². The predicted octanol–water partition coefficient (Wildman–Crippen LogP) is 3.91. The van der Waals surface area contributed by atoms with Gasteiger partial charge in [-0.25, -0.2) is 4.68 Å². The molecule has 1 aromatic carbocycles. The van der Waals surface area contributed by atoms with Crippen LogP contribution < -0.4 is 4.74 Å². The summed E-state index contributed by atoms with van der Waals surface area (Å²) in [5.41, 5.74) is 3.76. The Bertz CT molecular complexity index is 934. The maximum Gasteiger partial charge on any atom is 0.138 e. The van der Waals surface area contributed by atoms with Gasteiger partial charge in [0.1, 0.15) is 12.4 Å². The molecule has 0 saturated carbocycles. The maximum atomic E-state index is 5.78. The molecule has 4 rings (SSSR count). The van der Waals surface area contributed by atoms with Crippen molar-refractivity contribution in [2.45, 2.75) is 6.61 Å². The largest absolute Gasteiger partial charge is 0.487 e. The molecule has 0 aliphatic carbocycles. The highest BCUT2D eigenvalue weighted by molar-refractivity contribution is 5.57. The van der Waals surface area contributed by atoms with Crippen molar-refractivity contribution in [2.24, 2.45) is 0 Å². The third kappa shape index (κ3) is 3.40. The second-order valence-electron chi connectivity index (χ2n) is 5.49. The average molecular weight is 328 g/mol. The lowest BCUT2D eigenvalue weighted by Crippen LogP contribution is -2.00. The quantitative estimate of drug-likeness (QED) is 0.557. The summed E-state index contributed by atoms with van der Waals surface area (Å²) in [4.78, 5) is 8.65. The summed E-state index contributed by atoms with van der Waals surface area (Å²) >= 11 is 0. The van der Waals surface area contributed by atoms with E-state index in [9.17, 15) is 0 Å². The van der Waals surface area contributed by atoms with Crippen LogP contribution in [-0.4, -0.2) is 19.7 Å². The molecule has 0 amide bonds. The van der Waals surface area contributed by atoms with Gasteiger partial charge in [0.2, 0.25) is 0 Å². The van der Waals surface area contributed by atoms with Crippen molar-refractivity contribution < 1.29 is 4.74 Å². The molecule has 122 valence electrons. The Labute approximate surface area is 145 Å². The van der Waals surface area contributed by atoms with E-state index >= 15 is 0 Å². The minimum absolute atomic E-state index is 0.523. The monoisotopic (exact) mass is 328 g/mol. The van der Waals surface area contributed by atoms with Gasteiger partial charge in [-0.1, -0.05) is 30.3 Å². The Hall–Kier alpha value is -3.47. The van der Waals surface area contributed by atoms with Crippen LogP contribution >= 0.6 is 0 Å². The van der Waals surface area contributed by atoms with E-state index in [-0.39, 0.29) is 0 Å². The molecule has 5 nitrogen and oxygen atoms in total. The number of hydrogen-bond donors (Lipinski definition) is 0. The van der Waals surface area contributed by atoms with E-state index in [4.69, 9.17) is 4.74 Å². The predicted molar refractivity (Wildman–Crippen MR) is 95.4 cm³/mol. The SMILES string of the molecule is c1ccc(COc2ccc(-c3ccnn3-c3cccnc3)nc2)cc1. The van der Waals surface area contributed by atoms with Crippen molar-refractivity contribution >= 4 is 0 Å². The number of rotatable bonds is 5. The molecule has 0 radical (unpaired) electrons. The van der Waals surface area contributed by atoms with Crippen molar-refractivity contribution in [3.8, 4) is 22.8 Å². The number of aromatic nitrogens is 4. The van der Waals surface area contributed by atoms with E-state index < -0.39 is 0 Å². The molecule has 0 atom stereocenters. The van der Waals surface area contributed by atoms with E-state index in [2.05, 4.69) is 15.1 Å². The summed E-state index contributed by atoms with van der Waals surface area (Å²) < 4.78 is 7.60. The fourth-order valence-electron chi connectivity index (χ4n) is 2.54. The normalized spacial score (nSPS) is 10.6. The van der Waals surface area contributed by atoms with E-state index in [0.717, 1.165) is 28.4 Å². The Kier molecular flexibility index (Phi) is 4.20. The van der Waals surface area contributed by atoms with Gasteiger partial charge in [-0.15, -0.1) is 0 Å². The van der Waals surface area contributed by atoms with Gasteiger partial charge < -0.3 is 4.74 Å². The zero-order valence-corrected chi connectivity index (χ0v) is 13.5. The number of nitrogens with zero attached hydrogens (tertiary/aromatic N) is 4. The molecule has 0 unspecified atom stereocenters. The first-order valence-corrected chi connectivity index (χ1v) is 7.98. The summed E-state index contributed by atoms with van der Waals surface area (Å²) in [7, 11) is 0. The Morgan fingerprint density at radius 3 is 2.52 bits per heavy atom. The van der Waals surface area contributed by atoms with Crippen LogP contribution in [0.25, 0.3) is 17.1 Å². The van der Waals surface area contributed by atoms with Crippen LogP contribution in [0.1, 0.15) is 5.56 Å². The summed E-state index contributed by atoms with van der Waals surface area (Å²) in [6.07, 6.45) is 7.00. The van der Waals surface area contributed by atoms with Crippen LogP contribution in [0.5, 0.6) is 5.75 Å². The van der Waals surface area contributed by atoms with Gasteiger partial charge in [-0.05, 0) is 35.9 Å². The van der Waals surface area contributed by atoms with Gasteiger partial charge in [-0.3, -0.25) is 9.97 Å². The highest BCUT2D eigenvalue weighted by atomic mass is 16.5. The minimum atomic E-state index is 0.523. The van der Waals surface area contributed by atoms with Crippen LogP contribution in [0, 0.1) is 0 Å². The van der Waals surface area contributed by atoms with Crippen molar-refractivity contribution in [3.63, 3.8) is 0 Å². The van der Waals surface area contributed by atoms with E-state index in [1.165, 1.54) is 0 Å². The molecule has 0 N–H and O–H groups in total. The lowest BCUT2D eigenvalue weighted by molar-refractivity contribution is 0.305. The third-order valence-electron chi connectivity index (χ3n) is 3.78. The molecule has 0 spiro atoms. The third-order valence-corrected chi connectivity index (χ3v) is 3.78. The van der Waals surface area contributed by atoms with E-state index in [1.807, 2.05) is 65.3 Å². The first-order valence-electron chi connectivity index (χ1n) is 7.98. The fourth-order valence-corrected chi connectivity index (χ4v) is 2.54. The zero-order valence-electron chi connectivity index (χ0n) is 13.5. The number of pyridine rings is 2. The molecular formula is C20H16N4O. The molecule has 3 aromatic heterocycles. The fraction of sp³-hybridized carbons (Fsp3) is 0.0500. The Morgan fingerprint density at radius 1 is 0.840 bits per heavy atom. The lowest BCUT2D eigenvalue weighted by Gasteiger charge is -2.08. The van der Waals surface area contributed by atoms with Crippen LogP contribution in [-0.2, 0) is 6.61 Å². The van der Waals surface area contributed by atoms with Gasteiger partial charge >= 0.3 is 0 Å². The molecule has 0 bridgehead atoms. The van der Waals surface area contributed by atoms with Gasteiger partial charge in [-0.2, -0.15) is 5.10 Å². The maximum absolute atomic E-state index is 5.78. The number of benzene rings is 1. The first-order chi connectivity index (χ1) is 12.4. The standard InChI is InChI=1S/C20H16N4O/c1-2-5-16(6-3-1)15-25-18-8-9-19(22-14-18)20-10-12-23-24(20)17-7-4-11-21-13-17/h1-14H,15H2. The number of ether oxygens (including phenoxy) is 1. The van der Waals surface area contributed by atoms with Crippen LogP contribution in [0.3, 0.4) is 0 Å². The first kappa shape index (κ1) is 15.1. The molecule has 3 heterocycles. The van der Waals surface area contributed by atoms with Gasteiger partial charge in [0.25, 0.3) is 0 Å². The number of hydrogen-bond acceptors (Lipinski definition) is 4. The van der Waals surface area contributed by atoms with Crippen molar-refractivity contribution in [2.75, 3.05) is 0 Å². The van der Waals surface area contributed by atoms with Crippen LogP contribution in [0.2, 0.25) is 0 Å². The Morgan fingerprint density at radius 2 is 1.76 bits per heavy atom. The summed E-state index contributed by atoms with van der Waals surface area (Å²) in [5, 5.41) is 4.37. The highest BCUT2D eigenvalue weighted by Crippen LogP contribution is 2.22. The minimum Gasteiger partial charge on any atom is -0.487 e. The molecule has 25 heavy (non-hydrogen) atoms. The molecule has 0 fully saturated rings. The summed E-state index contributed by atoms with van der Waals surface area (Å²) in [6, 6.07) is 19.7. The lowest BCUT2D eigenvalue weighted by atomic mass is 10.2. The molecule has 5 heteroatoms. The average Bonchev–Trinajstić information content (AvgIpc) is 3.18. The molecule has 4 aromatic rings. The van der Waals surface area contributed by atoms with Gasteiger partial charge in [0.05, 0.1) is 35.7 Å². The zero-order chi connectivity index (χ0) is 16.9. The van der Waals surface area contributed by atoms with E-state index in [1.54, 1.807) is 24.8 Å². The second kappa shape index (κ2) is 6.97. The van der Waals surface area contributed by atoms with Gasteiger partial charge in [0, 0.05) is 6.20 Å². The van der Waals surface area contributed by atoms with Crippen molar-refractivity contribution in [1.82, 2.24) is 19.7 Å². The molecular weight excluding hydrogens is 312 g/mol. The van der Waals surface area contributed by atoms with Crippen molar-refractivity contribution in [3.05, 3.63) is 91.0 Å². The molecule has 0 aliphatic rings. The van der Waals surface area contributed by atoms with Crippen LogP contribution in [0.15, 0.2) is 85.5 Å². The van der Waals surface area contributed by atoms with E-state index in [0.29, 0.717) is 6.61 Å². The van der Waals surface area contributed by atoms with Crippen molar-refractivity contribution in [1.29, 1.82) is 0 Å². The van der Waals surface area contributed by atoms with Gasteiger partial charge in [0.15, 0.2) is 0 Å². The smallest absolute Gasteiger partial charge is 0.138 e. The molecule has 0 saturated heterocycles. The Balaban J connectivity index is 1.52. The highest BCUT2D eigenvalue weighted by Gasteiger charge is 2.09. The summed E-state index contributed by atoms with van der Waals surface area (Å²) in [6.45, 7) is 0.523. The second-order valence-corrected chi connectivity index (χ2v) is 5.49. The summed E-state index contributed by atoms with van der Waals surface area (Å²) in [5.74, 6) is 0.736. The molecule has 0 aliphatic heterocycles. The van der Waals surface area contributed by atoms with Crippen LogP contribution in [0.4, 0.5) is 0 Å².